The molecule has 1 unspecified atom stereocenters. The highest BCUT2D eigenvalue weighted by atomic mass is 16.7. The van der Waals surface area contributed by atoms with E-state index in [2.05, 4.69) is 36.4 Å². The molecule has 1 aliphatic heterocycles. The Morgan fingerprint density at radius 1 is 0.909 bits per heavy atom. The molecule has 1 heterocycles. The number of hydrogen-bond donors (Lipinski definition) is 0. The molecule has 5 nitrogen and oxygen atoms in total. The van der Waals surface area contributed by atoms with Crippen LogP contribution in [0.2, 0.25) is 0 Å². The van der Waals surface area contributed by atoms with Crippen molar-refractivity contribution in [2.75, 3.05) is 34.6 Å². The molecule has 0 bridgehead atoms. The molecule has 0 saturated carbocycles. The van der Waals surface area contributed by atoms with Crippen LogP contribution in [0.5, 0.6) is 17.2 Å². The van der Waals surface area contributed by atoms with E-state index in [1.807, 2.05) is 62.3 Å². The Hall–Kier alpha value is -3.28. The van der Waals surface area contributed by atoms with E-state index < -0.39 is 0 Å². The van der Waals surface area contributed by atoms with Gasteiger partial charge in [0.25, 0.3) is 0 Å². The zero-order valence-electron chi connectivity index (χ0n) is 19.7. The topological polar surface area (TPSA) is 40.2 Å². The standard InChI is InChI=1S/C28H31NO4/c1-20(29(2)3)33-24-15-11-22(12-16-24)28(21-9-13-23(14-10-21)32-19-30-4)26-17-18-31-27-8-6-5-7-25(26)27/h5-16,20H,17-19H2,1-4H3/b28-26-. The first-order valence-electron chi connectivity index (χ1n) is 11.2. The zero-order valence-corrected chi connectivity index (χ0v) is 19.7. The number of para-hydroxylation sites is 1. The third-order valence-corrected chi connectivity index (χ3v) is 5.79. The highest BCUT2D eigenvalue weighted by Gasteiger charge is 2.21. The number of benzene rings is 3. The van der Waals surface area contributed by atoms with Gasteiger partial charge in [-0.25, -0.2) is 0 Å². The first kappa shape index (κ1) is 22.9. The van der Waals surface area contributed by atoms with Gasteiger partial charge in [-0.1, -0.05) is 42.5 Å². The van der Waals surface area contributed by atoms with Crippen molar-refractivity contribution in [3.63, 3.8) is 0 Å². The van der Waals surface area contributed by atoms with Gasteiger partial charge in [0, 0.05) is 19.1 Å². The van der Waals surface area contributed by atoms with Gasteiger partial charge in [-0.15, -0.1) is 0 Å². The van der Waals surface area contributed by atoms with Gasteiger partial charge < -0.3 is 18.9 Å². The Balaban J connectivity index is 1.76. The summed E-state index contributed by atoms with van der Waals surface area (Å²) < 4.78 is 22.6. The Labute approximate surface area is 196 Å². The largest absolute Gasteiger partial charge is 0.493 e. The van der Waals surface area contributed by atoms with Crippen molar-refractivity contribution < 1.29 is 18.9 Å². The summed E-state index contributed by atoms with van der Waals surface area (Å²) in [5.41, 5.74) is 5.87. The SMILES string of the molecule is COCOc1ccc(/C(=C2\CCOc3ccccc32)c2ccc(OC(C)N(C)C)cc2)cc1. The smallest absolute Gasteiger partial charge is 0.188 e. The maximum atomic E-state index is 6.03. The van der Waals surface area contributed by atoms with Crippen molar-refractivity contribution in [2.45, 2.75) is 19.6 Å². The van der Waals surface area contributed by atoms with Gasteiger partial charge in [-0.05, 0) is 73.6 Å². The summed E-state index contributed by atoms with van der Waals surface area (Å²) >= 11 is 0. The number of rotatable bonds is 8. The lowest BCUT2D eigenvalue weighted by Gasteiger charge is -2.24. The van der Waals surface area contributed by atoms with Crippen LogP contribution >= 0.6 is 0 Å². The maximum Gasteiger partial charge on any atom is 0.188 e. The minimum absolute atomic E-state index is 0.00399. The number of methoxy groups -OCH3 is 1. The maximum absolute atomic E-state index is 6.03. The number of fused-ring (bicyclic) bond motifs is 1. The number of nitrogens with zero attached hydrogens (tertiary/aromatic N) is 1. The summed E-state index contributed by atoms with van der Waals surface area (Å²) in [5, 5.41) is 0. The van der Waals surface area contributed by atoms with E-state index in [0.29, 0.717) is 6.61 Å². The van der Waals surface area contributed by atoms with Crippen LogP contribution in [-0.2, 0) is 4.74 Å². The van der Waals surface area contributed by atoms with E-state index in [9.17, 15) is 0 Å². The van der Waals surface area contributed by atoms with Crippen molar-refractivity contribution in [3.05, 3.63) is 89.5 Å². The van der Waals surface area contributed by atoms with Crippen LogP contribution in [0.4, 0.5) is 0 Å². The van der Waals surface area contributed by atoms with Gasteiger partial charge in [0.1, 0.15) is 23.5 Å². The molecule has 0 N–H and O–H groups in total. The fourth-order valence-electron chi connectivity index (χ4n) is 3.86. The predicted octanol–water partition coefficient (Wildman–Crippen LogP) is 5.70. The Morgan fingerprint density at radius 2 is 1.55 bits per heavy atom. The molecule has 0 aromatic heterocycles. The van der Waals surface area contributed by atoms with E-state index in [1.165, 1.54) is 11.1 Å². The van der Waals surface area contributed by atoms with Crippen LogP contribution in [0, 0.1) is 0 Å². The molecule has 0 spiro atoms. The van der Waals surface area contributed by atoms with Gasteiger partial charge in [0.15, 0.2) is 6.79 Å². The van der Waals surface area contributed by atoms with Crippen molar-refractivity contribution >= 4 is 11.1 Å². The normalized spacial score (nSPS) is 15.4. The molecule has 1 atom stereocenters. The molecule has 3 aromatic carbocycles. The van der Waals surface area contributed by atoms with Crippen LogP contribution in [0.25, 0.3) is 11.1 Å². The highest BCUT2D eigenvalue weighted by molar-refractivity contribution is 6.00. The Morgan fingerprint density at radius 3 is 2.18 bits per heavy atom. The van der Waals surface area contributed by atoms with E-state index >= 15 is 0 Å². The fourth-order valence-corrected chi connectivity index (χ4v) is 3.86. The molecular weight excluding hydrogens is 414 g/mol. The molecule has 33 heavy (non-hydrogen) atoms. The summed E-state index contributed by atoms with van der Waals surface area (Å²) in [7, 11) is 5.63. The summed E-state index contributed by atoms with van der Waals surface area (Å²) in [6, 6.07) is 24.8. The predicted molar refractivity (Wildman–Crippen MR) is 132 cm³/mol. The second kappa shape index (κ2) is 10.6. The molecule has 0 saturated heterocycles. The third kappa shape index (κ3) is 5.38. The third-order valence-electron chi connectivity index (χ3n) is 5.79. The number of hydrogen-bond acceptors (Lipinski definition) is 5. The quantitative estimate of drug-likeness (QED) is 0.416. The molecular formula is C28H31NO4. The summed E-state index contributed by atoms with van der Waals surface area (Å²) in [5.74, 6) is 2.55. The Bertz CT molecular complexity index is 1090. The zero-order chi connectivity index (χ0) is 23.2. The first-order chi connectivity index (χ1) is 16.1. The average molecular weight is 446 g/mol. The first-order valence-corrected chi connectivity index (χ1v) is 11.2. The average Bonchev–Trinajstić information content (AvgIpc) is 2.85. The van der Waals surface area contributed by atoms with Crippen LogP contribution in [-0.4, -0.2) is 45.7 Å². The minimum Gasteiger partial charge on any atom is -0.493 e. The second-order valence-corrected chi connectivity index (χ2v) is 8.23. The van der Waals surface area contributed by atoms with E-state index in [0.717, 1.165) is 40.4 Å². The van der Waals surface area contributed by atoms with E-state index in [-0.39, 0.29) is 13.0 Å². The fraction of sp³-hybridized carbons (Fsp3) is 0.286. The van der Waals surface area contributed by atoms with Gasteiger partial charge >= 0.3 is 0 Å². The van der Waals surface area contributed by atoms with Crippen molar-refractivity contribution in [1.29, 1.82) is 0 Å². The van der Waals surface area contributed by atoms with Crippen LogP contribution in [0.1, 0.15) is 30.0 Å². The summed E-state index contributed by atoms with van der Waals surface area (Å²) in [4.78, 5) is 2.04. The molecule has 0 radical (unpaired) electrons. The molecule has 5 heteroatoms. The summed E-state index contributed by atoms with van der Waals surface area (Å²) in [6.07, 6.45) is 0.833. The molecule has 1 aliphatic rings. The van der Waals surface area contributed by atoms with Gasteiger partial charge in [-0.2, -0.15) is 0 Å². The van der Waals surface area contributed by atoms with Gasteiger partial charge in [0.2, 0.25) is 0 Å². The molecule has 172 valence electrons. The van der Waals surface area contributed by atoms with Crippen molar-refractivity contribution in [1.82, 2.24) is 4.90 Å². The molecule has 0 fully saturated rings. The van der Waals surface area contributed by atoms with Gasteiger partial charge in [-0.3, -0.25) is 4.90 Å². The van der Waals surface area contributed by atoms with E-state index in [1.54, 1.807) is 7.11 Å². The highest BCUT2D eigenvalue weighted by Crippen LogP contribution is 2.41. The van der Waals surface area contributed by atoms with Crippen molar-refractivity contribution in [3.8, 4) is 17.2 Å². The lowest BCUT2D eigenvalue weighted by molar-refractivity contribution is 0.0511. The lowest BCUT2D eigenvalue weighted by Crippen LogP contribution is -2.30. The number of ether oxygens (including phenoxy) is 4. The molecule has 4 rings (SSSR count). The Kier molecular flexibility index (Phi) is 7.33. The van der Waals surface area contributed by atoms with Gasteiger partial charge in [0.05, 0.1) is 6.61 Å². The van der Waals surface area contributed by atoms with Crippen LogP contribution < -0.4 is 14.2 Å². The summed E-state index contributed by atoms with van der Waals surface area (Å²) in [6.45, 7) is 2.92. The van der Waals surface area contributed by atoms with E-state index in [4.69, 9.17) is 18.9 Å². The van der Waals surface area contributed by atoms with Crippen LogP contribution in [0.15, 0.2) is 72.8 Å². The minimum atomic E-state index is -0.00399. The monoisotopic (exact) mass is 445 g/mol. The van der Waals surface area contributed by atoms with Crippen molar-refractivity contribution in [2.24, 2.45) is 0 Å². The second-order valence-electron chi connectivity index (χ2n) is 8.23. The molecule has 0 amide bonds. The lowest BCUT2D eigenvalue weighted by atomic mass is 9.87. The van der Waals surface area contributed by atoms with Crippen LogP contribution in [0.3, 0.4) is 0 Å². The molecule has 0 aliphatic carbocycles. The molecule has 3 aromatic rings.